The molecule has 4 rings (SSSR count). The van der Waals surface area contributed by atoms with Gasteiger partial charge in [0, 0.05) is 36.9 Å². The lowest BCUT2D eigenvalue weighted by molar-refractivity contribution is -0.141. The van der Waals surface area contributed by atoms with Crippen LogP contribution in [0.15, 0.2) is 115 Å². The lowest BCUT2D eigenvalue weighted by Crippen LogP contribution is -2.52. The fourth-order valence-electron chi connectivity index (χ4n) is 4.90. The molecule has 4 nitrogen and oxygen atoms in total. The molecule has 0 aromatic heterocycles. The molecule has 206 valence electrons. The van der Waals surface area contributed by atoms with E-state index in [0.29, 0.717) is 12.0 Å². The number of amides is 2. The number of carbonyl (C=O) groups excluding carboxylic acids is 2. The topological polar surface area (TPSA) is 49.4 Å². The van der Waals surface area contributed by atoms with Crippen molar-refractivity contribution in [1.82, 2.24) is 10.2 Å². The van der Waals surface area contributed by atoms with Gasteiger partial charge in [-0.05, 0) is 36.1 Å². The van der Waals surface area contributed by atoms with Gasteiger partial charge in [-0.3, -0.25) is 9.59 Å². The average Bonchev–Trinajstić information content (AvgIpc) is 2.99. The second kappa shape index (κ2) is 14.2. The van der Waals surface area contributed by atoms with E-state index in [1.165, 1.54) is 6.07 Å². The Hall–Kier alpha value is -4.25. The van der Waals surface area contributed by atoms with E-state index >= 15 is 0 Å². The molecule has 0 fully saturated rings. The normalized spacial score (nSPS) is 12.5. The van der Waals surface area contributed by atoms with Gasteiger partial charge in [0.1, 0.15) is 11.9 Å². The molecule has 1 N–H and O–H groups in total. The van der Waals surface area contributed by atoms with Crippen LogP contribution in [0.3, 0.4) is 0 Å². The van der Waals surface area contributed by atoms with Crippen molar-refractivity contribution in [3.05, 3.63) is 143 Å². The van der Waals surface area contributed by atoms with Crippen LogP contribution < -0.4 is 5.32 Å². The SMILES string of the molecule is CC[C@@H](C)NC(=O)[C@H](Cc1ccccc1)N(Cc1ccccc1F)C(=O)CC(c1ccccc1)c1ccccc1. The first-order chi connectivity index (χ1) is 19.5. The second-order valence-corrected chi connectivity index (χ2v) is 10.2. The summed E-state index contributed by atoms with van der Waals surface area (Å²) in [6.45, 7) is 3.94. The molecule has 5 heteroatoms. The van der Waals surface area contributed by atoms with Crippen LogP contribution in [0.5, 0.6) is 0 Å². The Balaban J connectivity index is 1.75. The van der Waals surface area contributed by atoms with Gasteiger partial charge in [0.15, 0.2) is 0 Å². The zero-order valence-corrected chi connectivity index (χ0v) is 23.2. The third kappa shape index (κ3) is 7.66. The standard InChI is InChI=1S/C35H37FN2O2/c1-3-26(2)37-35(40)33(23-27-15-7-4-8-16-27)38(25-30-21-13-14-22-32(30)36)34(39)24-31(28-17-9-5-10-18-28)29-19-11-6-12-20-29/h4-22,26,31,33H,3,23-25H2,1-2H3,(H,37,40)/t26-,33+/m1/s1. The summed E-state index contributed by atoms with van der Waals surface area (Å²) < 4.78 is 14.9. The minimum absolute atomic E-state index is 0.00671. The molecule has 0 radical (unpaired) electrons. The van der Waals surface area contributed by atoms with Crippen molar-refractivity contribution in [2.24, 2.45) is 0 Å². The van der Waals surface area contributed by atoms with E-state index in [1.54, 1.807) is 23.1 Å². The lowest BCUT2D eigenvalue weighted by atomic mass is 9.87. The summed E-state index contributed by atoms with van der Waals surface area (Å²) >= 11 is 0. The predicted octanol–water partition coefficient (Wildman–Crippen LogP) is 6.90. The number of nitrogens with one attached hydrogen (secondary N) is 1. The number of nitrogens with zero attached hydrogens (tertiary/aromatic N) is 1. The molecule has 4 aromatic rings. The van der Waals surface area contributed by atoms with Gasteiger partial charge < -0.3 is 10.2 Å². The third-order valence-electron chi connectivity index (χ3n) is 7.35. The van der Waals surface area contributed by atoms with Gasteiger partial charge in [-0.1, -0.05) is 116 Å². The molecule has 0 saturated carbocycles. The van der Waals surface area contributed by atoms with E-state index < -0.39 is 11.9 Å². The maximum atomic E-state index is 14.9. The molecule has 0 heterocycles. The van der Waals surface area contributed by atoms with Crippen molar-refractivity contribution < 1.29 is 14.0 Å². The number of hydrogen-bond acceptors (Lipinski definition) is 2. The van der Waals surface area contributed by atoms with E-state index in [4.69, 9.17) is 0 Å². The van der Waals surface area contributed by atoms with Crippen molar-refractivity contribution in [2.45, 2.75) is 57.7 Å². The van der Waals surface area contributed by atoms with Crippen LogP contribution in [-0.2, 0) is 22.6 Å². The molecule has 40 heavy (non-hydrogen) atoms. The number of benzene rings is 4. The summed E-state index contributed by atoms with van der Waals surface area (Å²) in [5.41, 5.74) is 3.33. The fourth-order valence-corrected chi connectivity index (χ4v) is 4.90. The minimum Gasteiger partial charge on any atom is -0.352 e. The molecule has 0 bridgehead atoms. The van der Waals surface area contributed by atoms with Crippen LogP contribution in [-0.4, -0.2) is 28.8 Å². The Morgan fingerprint density at radius 1 is 0.775 bits per heavy atom. The van der Waals surface area contributed by atoms with E-state index in [-0.39, 0.29) is 36.7 Å². The summed E-state index contributed by atoms with van der Waals surface area (Å²) in [6.07, 6.45) is 1.23. The molecule has 2 amide bonds. The first kappa shape index (κ1) is 28.8. The number of hydrogen-bond donors (Lipinski definition) is 1. The van der Waals surface area contributed by atoms with Crippen molar-refractivity contribution >= 4 is 11.8 Å². The Kier molecular flexibility index (Phi) is 10.2. The van der Waals surface area contributed by atoms with Crippen LogP contribution in [0.2, 0.25) is 0 Å². The summed E-state index contributed by atoms with van der Waals surface area (Å²) in [5, 5.41) is 3.08. The number of halogens is 1. The molecule has 0 aliphatic carbocycles. The lowest BCUT2D eigenvalue weighted by Gasteiger charge is -2.33. The van der Waals surface area contributed by atoms with Crippen LogP contribution in [0, 0.1) is 5.82 Å². The van der Waals surface area contributed by atoms with E-state index in [0.717, 1.165) is 23.1 Å². The fraction of sp³-hybridized carbons (Fsp3) is 0.257. The highest BCUT2D eigenvalue weighted by atomic mass is 19.1. The number of carbonyl (C=O) groups is 2. The zero-order valence-electron chi connectivity index (χ0n) is 23.2. The Morgan fingerprint density at radius 2 is 1.30 bits per heavy atom. The first-order valence-electron chi connectivity index (χ1n) is 13.9. The highest BCUT2D eigenvalue weighted by Gasteiger charge is 2.33. The van der Waals surface area contributed by atoms with E-state index in [2.05, 4.69) is 5.32 Å². The second-order valence-electron chi connectivity index (χ2n) is 10.2. The highest BCUT2D eigenvalue weighted by molar-refractivity contribution is 5.88. The Bertz CT molecular complexity index is 1320. The van der Waals surface area contributed by atoms with Gasteiger partial charge in [-0.2, -0.15) is 0 Å². The maximum Gasteiger partial charge on any atom is 0.243 e. The van der Waals surface area contributed by atoms with Crippen LogP contribution in [0.25, 0.3) is 0 Å². The first-order valence-corrected chi connectivity index (χ1v) is 13.9. The van der Waals surface area contributed by atoms with Crippen LogP contribution in [0.1, 0.15) is 54.9 Å². The molecule has 0 aliphatic heterocycles. The molecule has 2 atom stereocenters. The van der Waals surface area contributed by atoms with Crippen molar-refractivity contribution in [2.75, 3.05) is 0 Å². The minimum atomic E-state index is -0.810. The highest BCUT2D eigenvalue weighted by Crippen LogP contribution is 2.30. The summed E-state index contributed by atoms with van der Waals surface area (Å²) in [4.78, 5) is 29.7. The summed E-state index contributed by atoms with van der Waals surface area (Å²) in [7, 11) is 0. The van der Waals surface area contributed by atoms with Gasteiger partial charge in [-0.15, -0.1) is 0 Å². The van der Waals surface area contributed by atoms with Crippen molar-refractivity contribution in [1.29, 1.82) is 0 Å². The van der Waals surface area contributed by atoms with Crippen LogP contribution >= 0.6 is 0 Å². The molecule has 0 aliphatic rings. The van der Waals surface area contributed by atoms with Crippen molar-refractivity contribution in [3.63, 3.8) is 0 Å². The monoisotopic (exact) mass is 536 g/mol. The van der Waals surface area contributed by atoms with Crippen LogP contribution in [0.4, 0.5) is 4.39 Å². The summed E-state index contributed by atoms with van der Waals surface area (Å²) in [6, 6.07) is 35.1. The maximum absolute atomic E-state index is 14.9. The molecule has 0 spiro atoms. The van der Waals surface area contributed by atoms with Gasteiger partial charge in [-0.25, -0.2) is 4.39 Å². The predicted molar refractivity (Wildman–Crippen MR) is 158 cm³/mol. The van der Waals surface area contributed by atoms with E-state index in [1.807, 2.05) is 105 Å². The molecule has 0 saturated heterocycles. The van der Waals surface area contributed by atoms with Crippen molar-refractivity contribution in [3.8, 4) is 0 Å². The zero-order chi connectivity index (χ0) is 28.3. The van der Waals surface area contributed by atoms with Gasteiger partial charge >= 0.3 is 0 Å². The van der Waals surface area contributed by atoms with E-state index in [9.17, 15) is 14.0 Å². The molecule has 4 aromatic carbocycles. The third-order valence-corrected chi connectivity index (χ3v) is 7.35. The smallest absolute Gasteiger partial charge is 0.243 e. The summed E-state index contributed by atoms with van der Waals surface area (Å²) in [5.74, 6) is -1.06. The van der Waals surface area contributed by atoms with Gasteiger partial charge in [0.2, 0.25) is 11.8 Å². The average molecular weight is 537 g/mol. The molecule has 0 unspecified atom stereocenters. The molecular weight excluding hydrogens is 499 g/mol. The Labute approximate surface area is 236 Å². The largest absolute Gasteiger partial charge is 0.352 e. The molecular formula is C35H37FN2O2. The quantitative estimate of drug-likeness (QED) is 0.214. The number of rotatable bonds is 12. The Morgan fingerprint density at radius 3 is 1.85 bits per heavy atom. The van der Waals surface area contributed by atoms with Gasteiger partial charge in [0.25, 0.3) is 0 Å². The van der Waals surface area contributed by atoms with Gasteiger partial charge in [0.05, 0.1) is 0 Å².